The van der Waals surface area contributed by atoms with Gasteiger partial charge in [-0.15, -0.1) is 0 Å². The minimum Gasteiger partial charge on any atom is -0.355 e. The fourth-order valence-corrected chi connectivity index (χ4v) is 2.78. The molecule has 0 radical (unpaired) electrons. The maximum Gasteiger partial charge on any atom is 0.228 e. The van der Waals surface area contributed by atoms with Crippen LogP contribution >= 0.6 is 11.6 Å². The Kier molecular flexibility index (Phi) is 6.21. The van der Waals surface area contributed by atoms with E-state index in [2.05, 4.69) is 15.5 Å². The van der Waals surface area contributed by atoms with E-state index in [1.54, 1.807) is 12.1 Å². The quantitative estimate of drug-likeness (QED) is 0.651. The summed E-state index contributed by atoms with van der Waals surface area (Å²) in [5, 5.41) is 7.48. The maximum absolute atomic E-state index is 12.3. The molecule has 0 bridgehead atoms. The zero-order valence-electron chi connectivity index (χ0n) is 14.9. The molecule has 6 nitrogen and oxygen atoms in total. The molecule has 0 aliphatic heterocycles. The van der Waals surface area contributed by atoms with Crippen LogP contribution < -0.4 is 11.1 Å². The van der Waals surface area contributed by atoms with E-state index < -0.39 is 0 Å². The standard InChI is InChI=1S/C20H21ClN4O2/c1-13(18(22)14-5-3-2-4-6-14)20(26)23-12-11-17-24-19(25-27-17)15-7-9-16(21)10-8-15/h2-10,13,18H,11-12,22H2,1H3,(H,23,26). The van der Waals surface area contributed by atoms with Gasteiger partial charge in [0.2, 0.25) is 17.6 Å². The average molecular weight is 385 g/mol. The number of rotatable bonds is 7. The number of halogens is 1. The number of nitrogens with two attached hydrogens (primary N) is 1. The summed E-state index contributed by atoms with van der Waals surface area (Å²) >= 11 is 5.88. The lowest BCUT2D eigenvalue weighted by molar-refractivity contribution is -0.125. The summed E-state index contributed by atoms with van der Waals surface area (Å²) in [4.78, 5) is 16.7. The second kappa shape index (κ2) is 8.79. The number of benzene rings is 2. The lowest BCUT2D eigenvalue weighted by Gasteiger charge is -2.19. The highest BCUT2D eigenvalue weighted by molar-refractivity contribution is 6.30. The van der Waals surface area contributed by atoms with Crippen molar-refractivity contribution < 1.29 is 9.32 Å². The molecule has 1 amide bonds. The van der Waals surface area contributed by atoms with Crippen molar-refractivity contribution in [1.29, 1.82) is 0 Å². The van der Waals surface area contributed by atoms with E-state index in [1.807, 2.05) is 49.4 Å². The first-order chi connectivity index (χ1) is 13.0. The van der Waals surface area contributed by atoms with Crippen LogP contribution in [0.3, 0.4) is 0 Å². The van der Waals surface area contributed by atoms with Gasteiger partial charge >= 0.3 is 0 Å². The number of nitrogens with zero attached hydrogens (tertiary/aromatic N) is 2. The topological polar surface area (TPSA) is 94.0 Å². The molecule has 0 spiro atoms. The van der Waals surface area contributed by atoms with Crippen molar-refractivity contribution in [3.8, 4) is 11.4 Å². The summed E-state index contributed by atoms with van der Waals surface area (Å²) in [5.41, 5.74) is 7.94. The van der Waals surface area contributed by atoms with E-state index >= 15 is 0 Å². The van der Waals surface area contributed by atoms with Gasteiger partial charge in [0.05, 0.1) is 5.92 Å². The van der Waals surface area contributed by atoms with Gasteiger partial charge in [0, 0.05) is 29.6 Å². The molecule has 1 heterocycles. The lowest BCUT2D eigenvalue weighted by Crippen LogP contribution is -2.36. The largest absolute Gasteiger partial charge is 0.355 e. The zero-order valence-corrected chi connectivity index (χ0v) is 15.7. The Morgan fingerprint density at radius 1 is 1.19 bits per heavy atom. The van der Waals surface area contributed by atoms with E-state index in [0.29, 0.717) is 29.7 Å². The Balaban J connectivity index is 1.51. The van der Waals surface area contributed by atoms with Crippen LogP contribution in [0.25, 0.3) is 11.4 Å². The maximum atomic E-state index is 12.3. The van der Waals surface area contributed by atoms with Crippen LogP contribution in [-0.2, 0) is 11.2 Å². The smallest absolute Gasteiger partial charge is 0.228 e. The number of hydrogen-bond acceptors (Lipinski definition) is 5. The third-order valence-corrected chi connectivity index (χ3v) is 4.60. The lowest BCUT2D eigenvalue weighted by atomic mass is 9.95. The van der Waals surface area contributed by atoms with Crippen LogP contribution in [0.2, 0.25) is 5.02 Å². The summed E-state index contributed by atoms with van der Waals surface area (Å²) in [6, 6.07) is 16.4. The normalized spacial score (nSPS) is 13.1. The Labute approximate surface area is 162 Å². The van der Waals surface area contributed by atoms with Gasteiger partial charge in [-0.25, -0.2) is 0 Å². The molecule has 2 unspecified atom stereocenters. The van der Waals surface area contributed by atoms with Crippen molar-refractivity contribution in [2.75, 3.05) is 6.54 Å². The molecule has 0 aliphatic carbocycles. The van der Waals surface area contributed by atoms with E-state index in [0.717, 1.165) is 11.1 Å². The summed E-state index contributed by atoms with van der Waals surface area (Å²) in [6.45, 7) is 2.21. The SMILES string of the molecule is CC(C(=O)NCCc1nc(-c2ccc(Cl)cc2)no1)C(N)c1ccccc1. The predicted octanol–water partition coefficient (Wildman–Crippen LogP) is 3.38. The van der Waals surface area contributed by atoms with Crippen LogP contribution in [-0.4, -0.2) is 22.6 Å². The van der Waals surface area contributed by atoms with Crippen molar-refractivity contribution in [2.24, 2.45) is 11.7 Å². The molecule has 1 aromatic heterocycles. The average Bonchev–Trinajstić information content (AvgIpc) is 3.17. The molecule has 0 aliphatic rings. The molecular formula is C20H21ClN4O2. The Bertz CT molecular complexity index is 881. The molecule has 7 heteroatoms. The predicted molar refractivity (Wildman–Crippen MR) is 104 cm³/mol. The number of hydrogen-bond donors (Lipinski definition) is 2. The van der Waals surface area contributed by atoms with Gasteiger partial charge in [-0.05, 0) is 29.8 Å². The minimum absolute atomic E-state index is 0.108. The monoisotopic (exact) mass is 384 g/mol. The number of amides is 1. The van der Waals surface area contributed by atoms with Gasteiger partial charge in [-0.3, -0.25) is 4.79 Å². The Hall–Kier alpha value is -2.70. The second-order valence-electron chi connectivity index (χ2n) is 6.28. The summed E-state index contributed by atoms with van der Waals surface area (Å²) in [5.74, 6) is 0.497. The van der Waals surface area contributed by atoms with Crippen molar-refractivity contribution in [3.05, 3.63) is 71.1 Å². The molecule has 0 saturated carbocycles. The van der Waals surface area contributed by atoms with Gasteiger partial charge in [0.1, 0.15) is 0 Å². The summed E-state index contributed by atoms with van der Waals surface area (Å²) in [6.07, 6.45) is 0.444. The minimum atomic E-state index is -0.355. The van der Waals surface area contributed by atoms with Crippen molar-refractivity contribution >= 4 is 17.5 Å². The van der Waals surface area contributed by atoms with Gasteiger partial charge < -0.3 is 15.6 Å². The molecule has 27 heavy (non-hydrogen) atoms. The van der Waals surface area contributed by atoms with Crippen molar-refractivity contribution in [2.45, 2.75) is 19.4 Å². The third kappa shape index (κ3) is 4.93. The molecule has 3 aromatic rings. The van der Waals surface area contributed by atoms with Crippen LogP contribution in [0.1, 0.15) is 24.4 Å². The van der Waals surface area contributed by atoms with Crippen LogP contribution in [0.4, 0.5) is 0 Å². The number of nitrogens with one attached hydrogen (secondary N) is 1. The van der Waals surface area contributed by atoms with Crippen LogP contribution in [0, 0.1) is 5.92 Å². The van der Waals surface area contributed by atoms with E-state index in [9.17, 15) is 4.79 Å². The van der Waals surface area contributed by atoms with Crippen LogP contribution in [0.5, 0.6) is 0 Å². The molecule has 2 atom stereocenters. The Morgan fingerprint density at radius 3 is 2.59 bits per heavy atom. The van der Waals surface area contributed by atoms with Gasteiger partial charge in [-0.1, -0.05) is 54.0 Å². The van der Waals surface area contributed by atoms with Gasteiger partial charge in [0.15, 0.2) is 0 Å². The van der Waals surface area contributed by atoms with E-state index in [4.69, 9.17) is 21.9 Å². The molecular weight excluding hydrogens is 364 g/mol. The first kappa shape index (κ1) is 19.1. The summed E-state index contributed by atoms with van der Waals surface area (Å²) < 4.78 is 5.24. The number of aromatic nitrogens is 2. The van der Waals surface area contributed by atoms with E-state index in [1.165, 1.54) is 0 Å². The summed E-state index contributed by atoms with van der Waals surface area (Å²) in [7, 11) is 0. The van der Waals surface area contributed by atoms with Gasteiger partial charge in [-0.2, -0.15) is 4.98 Å². The second-order valence-corrected chi connectivity index (χ2v) is 6.72. The fraction of sp³-hybridized carbons (Fsp3) is 0.250. The molecule has 0 fully saturated rings. The van der Waals surface area contributed by atoms with Gasteiger partial charge in [0.25, 0.3) is 0 Å². The molecule has 3 rings (SSSR count). The van der Waals surface area contributed by atoms with E-state index in [-0.39, 0.29) is 17.9 Å². The number of carbonyl (C=O) groups excluding carboxylic acids is 1. The highest BCUT2D eigenvalue weighted by atomic mass is 35.5. The molecule has 140 valence electrons. The Morgan fingerprint density at radius 2 is 1.89 bits per heavy atom. The highest BCUT2D eigenvalue weighted by Gasteiger charge is 2.21. The third-order valence-electron chi connectivity index (χ3n) is 4.35. The highest BCUT2D eigenvalue weighted by Crippen LogP contribution is 2.20. The zero-order chi connectivity index (χ0) is 19.2. The van der Waals surface area contributed by atoms with Crippen LogP contribution in [0.15, 0.2) is 59.1 Å². The molecule has 2 aromatic carbocycles. The fourth-order valence-electron chi connectivity index (χ4n) is 2.65. The molecule has 3 N–H and O–H groups in total. The van der Waals surface area contributed by atoms with Crippen molar-refractivity contribution in [1.82, 2.24) is 15.5 Å². The first-order valence-electron chi connectivity index (χ1n) is 8.71. The van der Waals surface area contributed by atoms with Crippen molar-refractivity contribution in [3.63, 3.8) is 0 Å². The number of carbonyl (C=O) groups is 1. The molecule has 0 saturated heterocycles. The first-order valence-corrected chi connectivity index (χ1v) is 9.09.